The van der Waals surface area contributed by atoms with Gasteiger partial charge in [0.25, 0.3) is 0 Å². The summed E-state index contributed by atoms with van der Waals surface area (Å²) in [7, 11) is 3.89. The fourth-order valence-electron chi connectivity index (χ4n) is 1.32. The number of hydrogen-bond donors (Lipinski definition) is 0. The minimum atomic E-state index is 0.999. The largest absolute Gasteiger partial charge is 0.298 e. The minimum absolute atomic E-state index is 0.999. The summed E-state index contributed by atoms with van der Waals surface area (Å²) in [5, 5.41) is 0. The Balaban J connectivity index is 0.000000671. The van der Waals surface area contributed by atoms with E-state index in [4.69, 9.17) is 0 Å². The summed E-state index contributed by atoms with van der Waals surface area (Å²) < 4.78 is 0. The molecular formula is C11H20N2. The highest BCUT2D eigenvalue weighted by Gasteiger charge is 2.14. The summed E-state index contributed by atoms with van der Waals surface area (Å²) in [6.45, 7) is 9.77. The van der Waals surface area contributed by atoms with Gasteiger partial charge >= 0.3 is 0 Å². The molecule has 0 amide bonds. The van der Waals surface area contributed by atoms with Crippen molar-refractivity contribution in [3.8, 4) is 0 Å². The lowest BCUT2D eigenvalue weighted by Gasteiger charge is -2.04. The average Bonchev–Trinajstić information content (AvgIpc) is 2.50. The lowest BCUT2D eigenvalue weighted by Crippen LogP contribution is -2.14. The monoisotopic (exact) mass is 180 g/mol. The third kappa shape index (κ3) is 3.55. The Bertz CT molecular complexity index is 214. The molecule has 0 fully saturated rings. The van der Waals surface area contributed by atoms with E-state index in [0.717, 1.165) is 13.1 Å². The second kappa shape index (κ2) is 6.61. The smallest absolute Gasteiger partial charge is 0.0277 e. The molecule has 13 heavy (non-hydrogen) atoms. The number of likely N-dealkylation sites (N-methyl/N-ethyl adjacent to an activating group) is 1. The highest BCUT2D eigenvalue weighted by molar-refractivity contribution is 5.82. The molecule has 74 valence electrons. The van der Waals surface area contributed by atoms with Crippen LogP contribution in [0.15, 0.2) is 28.8 Å². The zero-order chi connectivity index (χ0) is 10.3. The predicted molar refractivity (Wildman–Crippen MR) is 60.5 cm³/mol. The molecule has 0 aromatic heterocycles. The molecule has 0 N–H and O–H groups in total. The highest BCUT2D eigenvalue weighted by atomic mass is 15.1. The van der Waals surface area contributed by atoms with E-state index in [1.165, 1.54) is 11.1 Å². The molecule has 1 rings (SSSR count). The fourth-order valence-corrected chi connectivity index (χ4v) is 1.32. The van der Waals surface area contributed by atoms with Gasteiger partial charge in [0.2, 0.25) is 0 Å². The van der Waals surface area contributed by atoms with E-state index in [2.05, 4.69) is 23.5 Å². The van der Waals surface area contributed by atoms with Crippen LogP contribution in [0.5, 0.6) is 0 Å². The molecule has 0 saturated heterocycles. The first-order chi connectivity index (χ1) is 6.27. The molecule has 0 saturated carbocycles. The average molecular weight is 180 g/mol. The van der Waals surface area contributed by atoms with Crippen molar-refractivity contribution in [3.05, 3.63) is 23.8 Å². The van der Waals surface area contributed by atoms with Gasteiger partial charge in [0, 0.05) is 26.4 Å². The van der Waals surface area contributed by atoms with Crippen LogP contribution in [-0.4, -0.2) is 38.3 Å². The molecule has 0 atom stereocenters. The van der Waals surface area contributed by atoms with Crippen molar-refractivity contribution in [1.29, 1.82) is 0 Å². The number of nitrogens with zero attached hydrogens (tertiary/aromatic N) is 2. The van der Waals surface area contributed by atoms with E-state index in [-0.39, 0.29) is 0 Å². The van der Waals surface area contributed by atoms with Crippen LogP contribution in [0.2, 0.25) is 0 Å². The van der Waals surface area contributed by atoms with E-state index in [0.29, 0.717) is 0 Å². The number of hydrogen-bond acceptors (Lipinski definition) is 2. The molecule has 0 spiro atoms. The Morgan fingerprint density at radius 1 is 1.31 bits per heavy atom. The number of aliphatic imine (C=N–C) groups is 1. The van der Waals surface area contributed by atoms with Crippen molar-refractivity contribution in [2.45, 2.75) is 13.8 Å². The van der Waals surface area contributed by atoms with Crippen LogP contribution < -0.4 is 0 Å². The van der Waals surface area contributed by atoms with Crippen LogP contribution in [0.3, 0.4) is 0 Å². The van der Waals surface area contributed by atoms with Crippen LogP contribution in [0.25, 0.3) is 0 Å². The highest BCUT2D eigenvalue weighted by Crippen LogP contribution is 2.14. The first-order valence-electron chi connectivity index (χ1n) is 4.73. The van der Waals surface area contributed by atoms with Gasteiger partial charge in [-0.05, 0) is 18.2 Å². The standard InChI is InChI=1S/C9H14N2.C2H6/c1-4-8-6-11(3)7-9(8)5-10-2;1-2/h4-5H,1,6-7H2,2-3H3;1-2H3. The first-order valence-corrected chi connectivity index (χ1v) is 4.73. The molecule has 2 nitrogen and oxygen atoms in total. The third-order valence-electron chi connectivity index (χ3n) is 1.82. The summed E-state index contributed by atoms with van der Waals surface area (Å²) in [5.41, 5.74) is 2.60. The summed E-state index contributed by atoms with van der Waals surface area (Å²) in [6, 6.07) is 0. The Hall–Kier alpha value is -0.890. The van der Waals surface area contributed by atoms with E-state index < -0.39 is 0 Å². The van der Waals surface area contributed by atoms with Gasteiger partial charge in [0.15, 0.2) is 0 Å². The van der Waals surface area contributed by atoms with E-state index in [1.807, 2.05) is 26.1 Å². The summed E-state index contributed by atoms with van der Waals surface area (Å²) >= 11 is 0. The maximum Gasteiger partial charge on any atom is 0.0277 e. The summed E-state index contributed by atoms with van der Waals surface area (Å²) in [5.74, 6) is 0. The maximum atomic E-state index is 3.99. The van der Waals surface area contributed by atoms with Crippen molar-refractivity contribution in [2.75, 3.05) is 27.2 Å². The molecule has 0 unspecified atom stereocenters. The van der Waals surface area contributed by atoms with Gasteiger partial charge in [-0.2, -0.15) is 0 Å². The third-order valence-corrected chi connectivity index (χ3v) is 1.82. The van der Waals surface area contributed by atoms with Crippen LogP contribution >= 0.6 is 0 Å². The quantitative estimate of drug-likeness (QED) is 0.594. The minimum Gasteiger partial charge on any atom is -0.298 e. The molecular weight excluding hydrogens is 160 g/mol. The lowest BCUT2D eigenvalue weighted by molar-refractivity contribution is 0.429. The lowest BCUT2D eigenvalue weighted by atomic mass is 10.2. The van der Waals surface area contributed by atoms with Gasteiger partial charge in [0.05, 0.1) is 0 Å². The number of rotatable bonds is 2. The second-order valence-electron chi connectivity index (χ2n) is 2.81. The Morgan fingerprint density at radius 3 is 2.31 bits per heavy atom. The zero-order valence-corrected chi connectivity index (χ0v) is 9.17. The molecule has 0 bridgehead atoms. The van der Waals surface area contributed by atoms with Gasteiger partial charge in [-0.15, -0.1) is 0 Å². The van der Waals surface area contributed by atoms with Gasteiger partial charge < -0.3 is 0 Å². The molecule has 0 radical (unpaired) electrons. The van der Waals surface area contributed by atoms with Crippen LogP contribution in [0.4, 0.5) is 0 Å². The predicted octanol–water partition coefficient (Wildman–Crippen LogP) is 2.14. The SMILES string of the molecule is C=CC1=C(C=NC)CN(C)C1.CC. The molecule has 1 aliphatic heterocycles. The molecule has 0 aromatic carbocycles. The van der Waals surface area contributed by atoms with Crippen LogP contribution in [-0.2, 0) is 0 Å². The van der Waals surface area contributed by atoms with Crippen LogP contribution in [0, 0.1) is 0 Å². The molecule has 1 heterocycles. The van der Waals surface area contributed by atoms with Gasteiger partial charge in [0.1, 0.15) is 0 Å². The summed E-state index contributed by atoms with van der Waals surface area (Å²) in [4.78, 5) is 6.24. The van der Waals surface area contributed by atoms with E-state index >= 15 is 0 Å². The van der Waals surface area contributed by atoms with Gasteiger partial charge in [-0.25, -0.2) is 0 Å². The van der Waals surface area contributed by atoms with Crippen LogP contribution in [0.1, 0.15) is 13.8 Å². The van der Waals surface area contributed by atoms with Gasteiger partial charge in [-0.3, -0.25) is 9.89 Å². The fraction of sp³-hybridized carbons (Fsp3) is 0.545. The normalized spacial score (nSPS) is 17.5. The van der Waals surface area contributed by atoms with Crippen molar-refractivity contribution in [3.63, 3.8) is 0 Å². The van der Waals surface area contributed by atoms with Crippen molar-refractivity contribution in [2.24, 2.45) is 4.99 Å². The summed E-state index contributed by atoms with van der Waals surface area (Å²) in [6.07, 6.45) is 3.83. The Kier molecular flexibility index (Phi) is 6.15. The van der Waals surface area contributed by atoms with E-state index in [9.17, 15) is 0 Å². The maximum absolute atomic E-state index is 3.99. The van der Waals surface area contributed by atoms with Crippen molar-refractivity contribution in [1.82, 2.24) is 4.90 Å². The topological polar surface area (TPSA) is 15.6 Å². The van der Waals surface area contributed by atoms with Gasteiger partial charge in [-0.1, -0.05) is 26.5 Å². The zero-order valence-electron chi connectivity index (χ0n) is 9.17. The molecule has 2 heteroatoms. The van der Waals surface area contributed by atoms with Crippen molar-refractivity contribution >= 4 is 6.21 Å². The second-order valence-corrected chi connectivity index (χ2v) is 2.81. The Morgan fingerprint density at radius 2 is 1.85 bits per heavy atom. The molecule has 1 aliphatic rings. The molecule has 0 aliphatic carbocycles. The van der Waals surface area contributed by atoms with Crippen molar-refractivity contribution < 1.29 is 0 Å². The molecule has 0 aromatic rings. The van der Waals surface area contributed by atoms with E-state index in [1.54, 1.807) is 7.05 Å². The first kappa shape index (κ1) is 12.1. The Labute approximate surface area is 81.7 Å².